The lowest BCUT2D eigenvalue weighted by atomic mass is 10.0. The minimum atomic E-state index is -4.37. The molecule has 3 N–H and O–H groups in total. The van der Waals surface area contributed by atoms with E-state index in [1.807, 2.05) is 0 Å². The molecule has 0 saturated carbocycles. The molecular formula is C9H16F3N3O. The van der Waals surface area contributed by atoms with Gasteiger partial charge in [0.25, 0.3) is 0 Å². The Kier molecular flexibility index (Phi) is 4.40. The zero-order chi connectivity index (χ0) is 12.2. The number of rotatable bonds is 3. The predicted octanol–water partition coefficient (Wildman–Crippen LogP) is 0.846. The molecule has 1 fully saturated rings. The van der Waals surface area contributed by atoms with Gasteiger partial charge in [-0.3, -0.25) is 0 Å². The summed E-state index contributed by atoms with van der Waals surface area (Å²) in [7, 11) is 0. The second-order valence-corrected chi connectivity index (χ2v) is 3.98. The zero-order valence-electron chi connectivity index (χ0n) is 9.03. The molecule has 0 spiro atoms. The Morgan fingerprint density at radius 2 is 2.25 bits per heavy atom. The molecule has 0 aromatic heterocycles. The first-order valence-electron chi connectivity index (χ1n) is 5.20. The summed E-state index contributed by atoms with van der Waals surface area (Å²) < 4.78 is 35.4. The molecule has 2 amide bonds. The Balaban J connectivity index is 2.22. The third-order valence-electron chi connectivity index (χ3n) is 2.61. The molecule has 0 aromatic rings. The minimum absolute atomic E-state index is 0.122. The van der Waals surface area contributed by atoms with E-state index in [0.717, 1.165) is 19.5 Å². The average Bonchev–Trinajstić information content (AvgIpc) is 2.66. The van der Waals surface area contributed by atoms with Gasteiger partial charge >= 0.3 is 12.2 Å². The van der Waals surface area contributed by atoms with Gasteiger partial charge in [0.1, 0.15) is 6.54 Å². The fraction of sp³-hybridized carbons (Fsp3) is 0.889. The van der Waals surface area contributed by atoms with Crippen LogP contribution in [0.3, 0.4) is 0 Å². The first kappa shape index (κ1) is 13.1. The van der Waals surface area contributed by atoms with Gasteiger partial charge in [0.2, 0.25) is 0 Å². The van der Waals surface area contributed by atoms with E-state index in [0.29, 0.717) is 0 Å². The highest BCUT2D eigenvalue weighted by Gasteiger charge is 2.28. The molecule has 0 aromatic carbocycles. The van der Waals surface area contributed by atoms with E-state index < -0.39 is 18.8 Å². The molecule has 4 nitrogen and oxygen atoms in total. The molecule has 2 unspecified atom stereocenters. The summed E-state index contributed by atoms with van der Waals surface area (Å²) in [6, 6.07) is -0.889. The van der Waals surface area contributed by atoms with Gasteiger partial charge in [-0.25, -0.2) is 4.79 Å². The van der Waals surface area contributed by atoms with Gasteiger partial charge in [-0.2, -0.15) is 13.2 Å². The highest BCUT2D eigenvalue weighted by atomic mass is 19.4. The number of halogens is 3. The minimum Gasteiger partial charge on any atom is -0.335 e. The lowest BCUT2D eigenvalue weighted by molar-refractivity contribution is -0.122. The van der Waals surface area contributed by atoms with Crippen LogP contribution in [0.5, 0.6) is 0 Å². The Bertz CT molecular complexity index is 239. The molecule has 0 bridgehead atoms. The first-order valence-corrected chi connectivity index (χ1v) is 5.20. The molecule has 94 valence electrons. The Hall–Kier alpha value is -0.980. The highest BCUT2D eigenvalue weighted by molar-refractivity contribution is 5.74. The van der Waals surface area contributed by atoms with Crippen LogP contribution >= 0.6 is 0 Å². The first-order chi connectivity index (χ1) is 7.38. The van der Waals surface area contributed by atoms with E-state index in [-0.39, 0.29) is 12.0 Å². The Labute approximate surface area is 92.0 Å². The van der Waals surface area contributed by atoms with Crippen molar-refractivity contribution in [3.63, 3.8) is 0 Å². The molecule has 1 saturated heterocycles. The van der Waals surface area contributed by atoms with Crippen LogP contribution in [0.4, 0.5) is 18.0 Å². The maximum atomic E-state index is 11.8. The third kappa shape index (κ3) is 4.69. The summed E-state index contributed by atoms with van der Waals surface area (Å²) in [6.07, 6.45) is -3.43. The van der Waals surface area contributed by atoms with E-state index in [2.05, 4.69) is 10.6 Å². The van der Waals surface area contributed by atoms with Crippen LogP contribution in [0.1, 0.15) is 13.3 Å². The number of urea groups is 1. The summed E-state index contributed by atoms with van der Waals surface area (Å²) in [6.45, 7) is 2.18. The van der Waals surface area contributed by atoms with Crippen molar-refractivity contribution >= 4 is 6.03 Å². The lowest BCUT2D eigenvalue weighted by Crippen LogP contribution is -2.46. The van der Waals surface area contributed by atoms with Crippen molar-refractivity contribution in [3.8, 4) is 0 Å². The van der Waals surface area contributed by atoms with Crippen molar-refractivity contribution in [2.45, 2.75) is 25.6 Å². The van der Waals surface area contributed by atoms with E-state index in [4.69, 9.17) is 0 Å². The molecule has 0 aliphatic carbocycles. The van der Waals surface area contributed by atoms with Gasteiger partial charge in [0.05, 0.1) is 0 Å². The van der Waals surface area contributed by atoms with E-state index >= 15 is 0 Å². The second kappa shape index (κ2) is 5.38. The van der Waals surface area contributed by atoms with Gasteiger partial charge in [0.15, 0.2) is 0 Å². The molecule has 2 atom stereocenters. The van der Waals surface area contributed by atoms with Crippen molar-refractivity contribution in [2.75, 3.05) is 19.6 Å². The lowest BCUT2D eigenvalue weighted by Gasteiger charge is -2.20. The number of nitrogens with one attached hydrogen (secondary N) is 3. The average molecular weight is 239 g/mol. The van der Waals surface area contributed by atoms with Crippen molar-refractivity contribution in [1.82, 2.24) is 16.0 Å². The van der Waals surface area contributed by atoms with Gasteiger partial charge in [-0.05, 0) is 32.4 Å². The Morgan fingerprint density at radius 3 is 2.75 bits per heavy atom. The summed E-state index contributed by atoms with van der Waals surface area (Å²) in [5.41, 5.74) is 0. The number of carbonyl (C=O) groups excluding carboxylic acids is 1. The maximum Gasteiger partial charge on any atom is 0.405 e. The molecule has 1 aliphatic rings. The van der Waals surface area contributed by atoms with Crippen LogP contribution in [-0.4, -0.2) is 37.9 Å². The molecule has 16 heavy (non-hydrogen) atoms. The summed E-state index contributed by atoms with van der Waals surface area (Å²) >= 11 is 0. The van der Waals surface area contributed by atoms with Crippen molar-refractivity contribution in [1.29, 1.82) is 0 Å². The topological polar surface area (TPSA) is 53.2 Å². The number of hydrogen-bond acceptors (Lipinski definition) is 2. The smallest absolute Gasteiger partial charge is 0.335 e. The molecule has 1 heterocycles. The van der Waals surface area contributed by atoms with Crippen molar-refractivity contribution in [3.05, 3.63) is 0 Å². The summed E-state index contributed by atoms with van der Waals surface area (Å²) in [4.78, 5) is 11.1. The second-order valence-electron chi connectivity index (χ2n) is 3.98. The zero-order valence-corrected chi connectivity index (χ0v) is 9.03. The van der Waals surface area contributed by atoms with E-state index in [1.165, 1.54) is 0 Å². The van der Waals surface area contributed by atoms with Gasteiger partial charge in [-0.1, -0.05) is 0 Å². The molecular weight excluding hydrogens is 223 g/mol. The van der Waals surface area contributed by atoms with Crippen molar-refractivity contribution in [2.24, 2.45) is 5.92 Å². The van der Waals surface area contributed by atoms with Crippen LogP contribution in [0.15, 0.2) is 0 Å². The van der Waals surface area contributed by atoms with Crippen LogP contribution in [-0.2, 0) is 0 Å². The van der Waals surface area contributed by atoms with E-state index in [1.54, 1.807) is 12.2 Å². The molecule has 1 aliphatic heterocycles. The number of amides is 2. The quantitative estimate of drug-likeness (QED) is 0.683. The third-order valence-corrected chi connectivity index (χ3v) is 2.61. The summed E-state index contributed by atoms with van der Waals surface area (Å²) in [5, 5.41) is 7.42. The van der Waals surface area contributed by atoms with Crippen LogP contribution < -0.4 is 16.0 Å². The Morgan fingerprint density at radius 1 is 1.56 bits per heavy atom. The van der Waals surface area contributed by atoms with Crippen LogP contribution in [0, 0.1) is 5.92 Å². The summed E-state index contributed by atoms with van der Waals surface area (Å²) in [5.74, 6) is 0.289. The monoisotopic (exact) mass is 239 g/mol. The fourth-order valence-electron chi connectivity index (χ4n) is 1.66. The number of hydrogen-bond donors (Lipinski definition) is 3. The maximum absolute atomic E-state index is 11.8. The van der Waals surface area contributed by atoms with Crippen LogP contribution in [0.2, 0.25) is 0 Å². The SMILES string of the molecule is CC(NC(=O)NCC(F)(F)F)C1CCNC1. The van der Waals surface area contributed by atoms with Crippen molar-refractivity contribution < 1.29 is 18.0 Å². The number of carbonyl (C=O) groups is 1. The fourth-order valence-corrected chi connectivity index (χ4v) is 1.66. The molecule has 0 radical (unpaired) electrons. The standard InChI is InChI=1S/C9H16F3N3O/c1-6(7-2-3-13-4-7)15-8(16)14-5-9(10,11)12/h6-7,13H,2-5H2,1H3,(H2,14,15,16). The van der Waals surface area contributed by atoms with Gasteiger partial charge in [0, 0.05) is 6.04 Å². The van der Waals surface area contributed by atoms with E-state index in [9.17, 15) is 18.0 Å². The molecule has 7 heteroatoms. The predicted molar refractivity (Wildman–Crippen MR) is 53.0 cm³/mol. The molecule has 1 rings (SSSR count). The largest absolute Gasteiger partial charge is 0.405 e. The number of alkyl halides is 3. The normalized spacial score (nSPS) is 22.9. The van der Waals surface area contributed by atoms with Crippen LogP contribution in [0.25, 0.3) is 0 Å². The van der Waals surface area contributed by atoms with Gasteiger partial charge in [-0.15, -0.1) is 0 Å². The van der Waals surface area contributed by atoms with Gasteiger partial charge < -0.3 is 16.0 Å². The highest BCUT2D eigenvalue weighted by Crippen LogP contribution is 2.13.